The summed E-state index contributed by atoms with van der Waals surface area (Å²) >= 11 is 0. The molecule has 3 rings (SSSR count). The van der Waals surface area contributed by atoms with Crippen LogP contribution in [-0.2, 0) is 14.8 Å². The Morgan fingerprint density at radius 3 is 2.50 bits per heavy atom. The van der Waals surface area contributed by atoms with Gasteiger partial charge in [0, 0.05) is 20.8 Å². The highest BCUT2D eigenvalue weighted by Gasteiger charge is 2.34. The summed E-state index contributed by atoms with van der Waals surface area (Å²) < 4.78 is 32.4. The summed E-state index contributed by atoms with van der Waals surface area (Å²) in [5.41, 5.74) is 2.45. The molecule has 0 spiro atoms. The van der Waals surface area contributed by atoms with Gasteiger partial charge in [-0.05, 0) is 36.2 Å². The lowest BCUT2D eigenvalue weighted by atomic mass is 9.97. The number of para-hydroxylation sites is 1. The van der Waals surface area contributed by atoms with E-state index in [0.29, 0.717) is 17.2 Å². The van der Waals surface area contributed by atoms with Gasteiger partial charge in [-0.25, -0.2) is 8.42 Å². The summed E-state index contributed by atoms with van der Waals surface area (Å²) in [7, 11) is -0.282. The zero-order chi connectivity index (χ0) is 17.2. The van der Waals surface area contributed by atoms with Crippen LogP contribution in [0.25, 0.3) is 0 Å². The van der Waals surface area contributed by atoms with Crippen molar-refractivity contribution in [3.63, 3.8) is 0 Å². The maximum absolute atomic E-state index is 13.0. The molecule has 24 heavy (non-hydrogen) atoms. The van der Waals surface area contributed by atoms with Gasteiger partial charge in [0.05, 0.1) is 16.6 Å². The summed E-state index contributed by atoms with van der Waals surface area (Å²) in [6.45, 7) is 1.41. The normalized spacial score (nSPS) is 18.6. The summed E-state index contributed by atoms with van der Waals surface area (Å²) in [6.07, 6.45) is 0.861. The molecule has 0 aliphatic carbocycles. The Hall–Kier alpha value is -1.89. The molecule has 0 bridgehead atoms. The molecule has 0 aromatic heterocycles. The minimum atomic E-state index is -3.57. The van der Waals surface area contributed by atoms with Gasteiger partial charge in [0.2, 0.25) is 0 Å². The smallest absolute Gasteiger partial charge is 0.264 e. The molecule has 2 aromatic carbocycles. The maximum Gasteiger partial charge on any atom is 0.264 e. The van der Waals surface area contributed by atoms with Gasteiger partial charge in [0.15, 0.2) is 0 Å². The molecule has 1 heterocycles. The van der Waals surface area contributed by atoms with Crippen LogP contribution >= 0.6 is 0 Å². The molecule has 1 N–H and O–H groups in total. The first-order chi connectivity index (χ1) is 11.6. The van der Waals surface area contributed by atoms with Crippen LogP contribution in [0.15, 0.2) is 53.4 Å². The fourth-order valence-electron chi connectivity index (χ4n) is 3.10. The van der Waals surface area contributed by atoms with Crippen molar-refractivity contribution >= 4 is 15.7 Å². The molecular formula is C18H22N2O3S. The first-order valence-electron chi connectivity index (χ1n) is 7.96. The number of sulfonamides is 1. The number of hydrogen-bond acceptors (Lipinski definition) is 4. The molecule has 1 aliphatic heterocycles. The van der Waals surface area contributed by atoms with E-state index in [4.69, 9.17) is 4.74 Å². The van der Waals surface area contributed by atoms with Gasteiger partial charge in [-0.15, -0.1) is 0 Å². The summed E-state index contributed by atoms with van der Waals surface area (Å²) in [5, 5.41) is 3.50. The lowest BCUT2D eigenvalue weighted by Crippen LogP contribution is -2.26. The molecule has 1 atom stereocenters. The van der Waals surface area contributed by atoms with Gasteiger partial charge >= 0.3 is 0 Å². The third-order valence-electron chi connectivity index (χ3n) is 4.33. The number of nitrogens with one attached hydrogen (secondary N) is 1. The van der Waals surface area contributed by atoms with Crippen LogP contribution in [0, 0.1) is 0 Å². The Balaban J connectivity index is 2.12. The van der Waals surface area contributed by atoms with Crippen molar-refractivity contribution in [2.75, 3.05) is 31.6 Å². The minimum absolute atomic E-state index is 0.172. The highest BCUT2D eigenvalue weighted by atomic mass is 32.2. The minimum Gasteiger partial charge on any atom is -0.385 e. The van der Waals surface area contributed by atoms with Gasteiger partial charge in [0.1, 0.15) is 0 Å². The van der Waals surface area contributed by atoms with Crippen LogP contribution < -0.4 is 9.62 Å². The summed E-state index contributed by atoms with van der Waals surface area (Å²) in [6, 6.07) is 14.7. The van der Waals surface area contributed by atoms with Crippen molar-refractivity contribution in [3.8, 4) is 0 Å². The number of anilines is 1. The average molecular weight is 346 g/mol. The molecule has 5 nitrogen and oxygen atoms in total. The van der Waals surface area contributed by atoms with Gasteiger partial charge in [0.25, 0.3) is 10.0 Å². The van der Waals surface area contributed by atoms with Crippen LogP contribution in [0.2, 0.25) is 0 Å². The highest BCUT2D eigenvalue weighted by Crippen LogP contribution is 2.39. The monoisotopic (exact) mass is 346 g/mol. The zero-order valence-corrected chi connectivity index (χ0v) is 14.7. The molecule has 2 aromatic rings. The van der Waals surface area contributed by atoms with Gasteiger partial charge in [-0.3, -0.25) is 4.31 Å². The Morgan fingerprint density at radius 2 is 1.75 bits per heavy atom. The molecule has 0 amide bonds. The summed E-state index contributed by atoms with van der Waals surface area (Å²) in [5.74, 6) is 0. The topological polar surface area (TPSA) is 58.6 Å². The van der Waals surface area contributed by atoms with E-state index < -0.39 is 10.0 Å². The Labute approximate surface area is 143 Å². The van der Waals surface area contributed by atoms with Crippen molar-refractivity contribution in [2.24, 2.45) is 0 Å². The van der Waals surface area contributed by atoms with E-state index in [1.54, 1.807) is 26.3 Å². The van der Waals surface area contributed by atoms with E-state index in [1.165, 1.54) is 4.31 Å². The molecular weight excluding hydrogens is 324 g/mol. The number of hydrogen-bond donors (Lipinski definition) is 1. The van der Waals surface area contributed by atoms with E-state index >= 15 is 0 Å². The van der Waals surface area contributed by atoms with Gasteiger partial charge in [-0.1, -0.05) is 36.4 Å². The van der Waals surface area contributed by atoms with Crippen LogP contribution in [0.4, 0.5) is 5.69 Å². The lowest BCUT2D eigenvalue weighted by molar-refractivity contribution is 0.193. The van der Waals surface area contributed by atoms with E-state index in [2.05, 4.69) is 5.32 Å². The van der Waals surface area contributed by atoms with Crippen molar-refractivity contribution in [2.45, 2.75) is 17.4 Å². The van der Waals surface area contributed by atoms with Crippen molar-refractivity contribution < 1.29 is 13.2 Å². The number of benzene rings is 2. The van der Waals surface area contributed by atoms with Crippen LogP contribution in [0.3, 0.4) is 0 Å². The maximum atomic E-state index is 13.0. The van der Waals surface area contributed by atoms with Crippen molar-refractivity contribution in [3.05, 3.63) is 59.7 Å². The summed E-state index contributed by atoms with van der Waals surface area (Å²) in [4.78, 5) is 0.355. The van der Waals surface area contributed by atoms with Crippen molar-refractivity contribution in [1.82, 2.24) is 5.32 Å². The standard InChI is InChI=1S/C18H22N2O3S/c1-20-16-10-5-3-8-14(16)18(19-12-7-13-23-2)15-9-4-6-11-17(15)24(20,21)22/h3-6,8-11,18-19H,7,12-13H2,1-2H3. The van der Waals surface area contributed by atoms with E-state index in [-0.39, 0.29) is 6.04 Å². The molecule has 1 aliphatic rings. The van der Waals surface area contributed by atoms with Gasteiger partial charge < -0.3 is 10.1 Å². The Morgan fingerprint density at radius 1 is 1.08 bits per heavy atom. The largest absolute Gasteiger partial charge is 0.385 e. The molecule has 0 radical (unpaired) electrons. The third-order valence-corrected chi connectivity index (χ3v) is 6.17. The average Bonchev–Trinajstić information content (AvgIpc) is 2.67. The van der Waals surface area contributed by atoms with E-state index in [1.807, 2.05) is 36.4 Å². The highest BCUT2D eigenvalue weighted by molar-refractivity contribution is 7.92. The van der Waals surface area contributed by atoms with Crippen LogP contribution in [0.1, 0.15) is 23.6 Å². The van der Waals surface area contributed by atoms with E-state index in [0.717, 1.165) is 24.1 Å². The number of nitrogens with zero attached hydrogens (tertiary/aromatic N) is 1. The quantitative estimate of drug-likeness (QED) is 0.845. The van der Waals surface area contributed by atoms with Gasteiger partial charge in [-0.2, -0.15) is 0 Å². The molecule has 0 saturated heterocycles. The molecule has 128 valence electrons. The number of ether oxygens (including phenoxy) is 1. The van der Waals surface area contributed by atoms with E-state index in [9.17, 15) is 8.42 Å². The molecule has 1 unspecified atom stereocenters. The molecule has 0 saturated carbocycles. The first kappa shape index (κ1) is 17.0. The van der Waals surface area contributed by atoms with Crippen LogP contribution in [-0.4, -0.2) is 35.7 Å². The second kappa shape index (κ2) is 6.93. The Kier molecular flexibility index (Phi) is 4.89. The second-order valence-electron chi connectivity index (χ2n) is 5.80. The number of methoxy groups -OCH3 is 1. The zero-order valence-electron chi connectivity index (χ0n) is 13.9. The fourth-order valence-corrected chi connectivity index (χ4v) is 4.55. The predicted octanol–water partition coefficient (Wildman–Crippen LogP) is 2.54. The van der Waals surface area contributed by atoms with Crippen molar-refractivity contribution in [1.29, 1.82) is 0 Å². The number of fused-ring (bicyclic) bond motifs is 2. The Bertz CT molecular complexity index is 821. The molecule has 6 heteroatoms. The predicted molar refractivity (Wildman–Crippen MR) is 94.8 cm³/mol. The fraction of sp³-hybridized carbons (Fsp3) is 0.333. The molecule has 0 fully saturated rings. The second-order valence-corrected chi connectivity index (χ2v) is 7.74. The lowest BCUT2D eigenvalue weighted by Gasteiger charge is -2.22. The number of rotatable bonds is 5. The van der Waals surface area contributed by atoms with Crippen LogP contribution in [0.5, 0.6) is 0 Å². The SMILES string of the molecule is COCCCNC1c2ccccc2N(C)S(=O)(=O)c2ccccc21. The first-order valence-corrected chi connectivity index (χ1v) is 9.40. The third kappa shape index (κ3) is 2.92.